The summed E-state index contributed by atoms with van der Waals surface area (Å²) in [5.74, 6) is -1.68. The largest absolute Gasteiger partial charge is 2.00 e. The summed E-state index contributed by atoms with van der Waals surface area (Å²) in [4.78, 5) is 32.2. The second-order valence-corrected chi connectivity index (χ2v) is 2.78. The summed E-state index contributed by atoms with van der Waals surface area (Å²) in [6, 6.07) is 0. The minimum absolute atomic E-state index is 0. The van der Waals surface area contributed by atoms with E-state index in [4.69, 9.17) is 0 Å². The van der Waals surface area contributed by atoms with E-state index < -0.39 is 11.9 Å². The standard InChI is InChI=1S/C10H14O5.Mg.2H/c1-3-8(11)15-10(13)7-5-4-6-9(12)14-2;;;/h3H,1,4-7H2,2H3;;;/q;+2;2*-1. The Kier molecular flexibility index (Phi) is 11.6. The van der Waals surface area contributed by atoms with Gasteiger partial charge in [0.2, 0.25) is 0 Å². The fourth-order valence-corrected chi connectivity index (χ4v) is 0.846. The van der Waals surface area contributed by atoms with Crippen LogP contribution in [0.3, 0.4) is 0 Å². The van der Waals surface area contributed by atoms with E-state index in [1.54, 1.807) is 0 Å². The van der Waals surface area contributed by atoms with Crippen molar-refractivity contribution in [3.63, 3.8) is 0 Å². The van der Waals surface area contributed by atoms with Crippen LogP contribution in [0.2, 0.25) is 0 Å². The summed E-state index contributed by atoms with van der Waals surface area (Å²) < 4.78 is 8.74. The molecule has 0 aromatic carbocycles. The van der Waals surface area contributed by atoms with Crippen LogP contribution in [0.15, 0.2) is 12.7 Å². The first kappa shape index (κ1) is 17.5. The monoisotopic (exact) mass is 240 g/mol. The van der Waals surface area contributed by atoms with Crippen LogP contribution >= 0.6 is 0 Å². The molecule has 0 aliphatic heterocycles. The number of hydrogen-bond donors (Lipinski definition) is 0. The van der Waals surface area contributed by atoms with E-state index in [2.05, 4.69) is 16.1 Å². The molecule has 0 aromatic heterocycles. The fraction of sp³-hybridized carbons (Fsp3) is 0.500. The second kappa shape index (κ2) is 10.6. The van der Waals surface area contributed by atoms with Gasteiger partial charge in [0.1, 0.15) is 0 Å². The van der Waals surface area contributed by atoms with E-state index in [-0.39, 0.29) is 44.7 Å². The van der Waals surface area contributed by atoms with Gasteiger partial charge in [0.25, 0.3) is 0 Å². The van der Waals surface area contributed by atoms with Crippen molar-refractivity contribution in [1.29, 1.82) is 0 Å². The van der Waals surface area contributed by atoms with Gasteiger partial charge in [0.05, 0.1) is 7.11 Å². The Morgan fingerprint density at radius 3 is 2.12 bits per heavy atom. The molecule has 6 heteroatoms. The van der Waals surface area contributed by atoms with Crippen molar-refractivity contribution in [2.75, 3.05) is 7.11 Å². The molecule has 0 aliphatic rings. The molecule has 5 nitrogen and oxygen atoms in total. The van der Waals surface area contributed by atoms with Crippen molar-refractivity contribution in [3.8, 4) is 0 Å². The second-order valence-electron chi connectivity index (χ2n) is 2.78. The summed E-state index contributed by atoms with van der Waals surface area (Å²) >= 11 is 0. The molecule has 0 bridgehead atoms. The molecule has 0 fully saturated rings. The average molecular weight is 241 g/mol. The van der Waals surface area contributed by atoms with Crippen molar-refractivity contribution < 1.29 is 26.7 Å². The maximum absolute atomic E-state index is 10.9. The first-order valence-electron chi connectivity index (χ1n) is 4.54. The number of rotatable bonds is 6. The molecule has 0 spiro atoms. The summed E-state index contributed by atoms with van der Waals surface area (Å²) in [6.07, 6.45) is 2.31. The molecule has 88 valence electrons. The number of ether oxygens (including phenoxy) is 2. The summed E-state index contributed by atoms with van der Waals surface area (Å²) in [5, 5.41) is 0. The molecule has 16 heavy (non-hydrogen) atoms. The van der Waals surface area contributed by atoms with Gasteiger partial charge in [-0.2, -0.15) is 0 Å². The fourth-order valence-electron chi connectivity index (χ4n) is 0.846. The number of esters is 3. The Morgan fingerprint density at radius 1 is 1.19 bits per heavy atom. The van der Waals surface area contributed by atoms with E-state index in [0.29, 0.717) is 12.8 Å². The first-order valence-corrected chi connectivity index (χ1v) is 4.54. The molecular formula is C10H16MgO5. The third-order valence-corrected chi connectivity index (χ3v) is 1.62. The number of carbonyl (C=O) groups is 3. The number of carbonyl (C=O) groups excluding carboxylic acids is 3. The van der Waals surface area contributed by atoms with E-state index in [1.165, 1.54) is 7.11 Å². The van der Waals surface area contributed by atoms with Gasteiger partial charge < -0.3 is 12.3 Å². The van der Waals surface area contributed by atoms with E-state index >= 15 is 0 Å². The molecule has 0 saturated carbocycles. The van der Waals surface area contributed by atoms with Crippen LogP contribution in [-0.2, 0) is 23.9 Å². The molecule has 0 aliphatic carbocycles. The van der Waals surface area contributed by atoms with Crippen LogP contribution in [0.4, 0.5) is 0 Å². The van der Waals surface area contributed by atoms with Gasteiger partial charge in [0.15, 0.2) is 0 Å². The minimum Gasteiger partial charge on any atom is -1.00 e. The normalized spacial score (nSPS) is 8.56. The van der Waals surface area contributed by atoms with Gasteiger partial charge >= 0.3 is 41.0 Å². The molecule has 0 heterocycles. The Balaban J connectivity index is -0.000000327. The van der Waals surface area contributed by atoms with E-state index in [1.807, 2.05) is 0 Å². The molecule has 0 rings (SSSR count). The van der Waals surface area contributed by atoms with Crippen molar-refractivity contribution in [2.24, 2.45) is 0 Å². The van der Waals surface area contributed by atoms with Gasteiger partial charge in [-0.3, -0.25) is 9.59 Å². The van der Waals surface area contributed by atoms with Crippen LogP contribution in [0, 0.1) is 0 Å². The molecule has 0 radical (unpaired) electrons. The van der Waals surface area contributed by atoms with Gasteiger partial charge in [-0.15, -0.1) is 0 Å². The molecule has 0 N–H and O–H groups in total. The van der Waals surface area contributed by atoms with Crippen molar-refractivity contribution >= 4 is 41.0 Å². The molecule has 0 aromatic rings. The predicted octanol–water partition coefficient (Wildman–Crippen LogP) is 0.820. The maximum Gasteiger partial charge on any atom is 2.00 e. The van der Waals surface area contributed by atoms with Crippen LogP contribution in [0.25, 0.3) is 0 Å². The Bertz CT molecular complexity index is 271. The summed E-state index contributed by atoms with van der Waals surface area (Å²) in [5.41, 5.74) is 0. The van der Waals surface area contributed by atoms with Gasteiger partial charge in [-0.1, -0.05) is 6.58 Å². The summed E-state index contributed by atoms with van der Waals surface area (Å²) in [7, 11) is 1.30. The molecular weight excluding hydrogens is 224 g/mol. The number of hydrogen-bond acceptors (Lipinski definition) is 5. The Labute approximate surface area is 113 Å². The zero-order chi connectivity index (χ0) is 11.7. The van der Waals surface area contributed by atoms with Gasteiger partial charge in [-0.25, -0.2) is 4.79 Å². The third-order valence-electron chi connectivity index (χ3n) is 1.62. The van der Waals surface area contributed by atoms with Crippen LogP contribution in [0.1, 0.15) is 28.5 Å². The molecule has 0 atom stereocenters. The molecule has 0 unspecified atom stereocenters. The Hall–Kier alpha value is -0.884. The average Bonchev–Trinajstić information content (AvgIpc) is 2.23. The number of methoxy groups -OCH3 is 1. The number of unbranched alkanes of at least 4 members (excludes halogenated alkanes) is 1. The molecule has 0 amide bonds. The smallest absolute Gasteiger partial charge is 1.00 e. The maximum atomic E-state index is 10.9. The SMILES string of the molecule is C=CC(=O)OC(=O)CCCCC(=O)OC.[H-].[H-].[Mg+2]. The topological polar surface area (TPSA) is 69.7 Å². The zero-order valence-electron chi connectivity index (χ0n) is 11.4. The van der Waals surface area contributed by atoms with Crippen molar-refractivity contribution in [1.82, 2.24) is 0 Å². The third kappa shape index (κ3) is 9.66. The van der Waals surface area contributed by atoms with Crippen molar-refractivity contribution in [2.45, 2.75) is 25.7 Å². The predicted molar refractivity (Wildman–Crippen MR) is 59.8 cm³/mol. The van der Waals surface area contributed by atoms with Gasteiger partial charge in [-0.05, 0) is 12.8 Å². The first-order chi connectivity index (χ1) is 7.10. The van der Waals surface area contributed by atoms with E-state index in [9.17, 15) is 14.4 Å². The minimum atomic E-state index is -0.757. The Morgan fingerprint density at radius 2 is 1.69 bits per heavy atom. The van der Waals surface area contributed by atoms with Crippen molar-refractivity contribution in [3.05, 3.63) is 12.7 Å². The van der Waals surface area contributed by atoms with E-state index in [0.717, 1.165) is 6.08 Å². The quantitative estimate of drug-likeness (QED) is 0.226. The van der Waals surface area contributed by atoms with Crippen LogP contribution in [0.5, 0.6) is 0 Å². The van der Waals surface area contributed by atoms with Gasteiger partial charge in [0, 0.05) is 18.9 Å². The molecule has 0 saturated heterocycles. The van der Waals surface area contributed by atoms with Crippen LogP contribution < -0.4 is 0 Å². The zero-order valence-corrected chi connectivity index (χ0v) is 10.8. The summed E-state index contributed by atoms with van der Waals surface area (Å²) in [6.45, 7) is 3.16. The van der Waals surface area contributed by atoms with Crippen LogP contribution in [-0.4, -0.2) is 48.1 Å².